The van der Waals surface area contributed by atoms with Crippen LogP contribution in [0.1, 0.15) is 13.8 Å². The second kappa shape index (κ2) is 6.77. The average molecular weight is 276 g/mol. The van der Waals surface area contributed by atoms with Crippen molar-refractivity contribution in [2.75, 3.05) is 31.7 Å². The van der Waals surface area contributed by atoms with Crippen LogP contribution in [-0.2, 0) is 16.5 Å². The van der Waals surface area contributed by atoms with E-state index < -0.39 is 0 Å². The Hall–Kier alpha value is -1.52. The third-order valence-electron chi connectivity index (χ3n) is 3.44. The molecule has 0 spiro atoms. The van der Waals surface area contributed by atoms with E-state index in [0.717, 1.165) is 6.54 Å². The molecular formula is C16H24N2O2. The maximum absolute atomic E-state index is 5.60. The number of aryl methyl sites for hydroxylation is 1. The van der Waals surface area contributed by atoms with Gasteiger partial charge in [0.2, 0.25) is 0 Å². The number of aromatic nitrogens is 1. The summed E-state index contributed by atoms with van der Waals surface area (Å²) in [6, 6.07) is 8.62. The lowest BCUT2D eigenvalue weighted by atomic mass is 10.2. The van der Waals surface area contributed by atoms with E-state index in [1.54, 1.807) is 0 Å². The second-order valence-electron chi connectivity index (χ2n) is 4.89. The van der Waals surface area contributed by atoms with Gasteiger partial charge in [-0.15, -0.1) is 0 Å². The molecule has 2 aromatic rings. The van der Waals surface area contributed by atoms with Crippen molar-refractivity contribution in [2.24, 2.45) is 7.05 Å². The van der Waals surface area contributed by atoms with Crippen molar-refractivity contribution in [3.8, 4) is 0 Å². The van der Waals surface area contributed by atoms with E-state index in [0.29, 0.717) is 13.2 Å². The van der Waals surface area contributed by atoms with Gasteiger partial charge < -0.3 is 18.9 Å². The zero-order valence-corrected chi connectivity index (χ0v) is 12.8. The van der Waals surface area contributed by atoms with Crippen LogP contribution in [0.2, 0.25) is 0 Å². The molecule has 0 bridgehead atoms. The van der Waals surface area contributed by atoms with E-state index in [2.05, 4.69) is 54.0 Å². The molecule has 0 aliphatic heterocycles. The van der Waals surface area contributed by atoms with Gasteiger partial charge in [0.15, 0.2) is 6.29 Å². The first-order valence-electron chi connectivity index (χ1n) is 7.15. The molecule has 0 aliphatic rings. The molecule has 0 radical (unpaired) electrons. The number of likely N-dealkylation sites (N-methyl/N-ethyl adjacent to an activating group) is 1. The first-order chi connectivity index (χ1) is 9.65. The van der Waals surface area contributed by atoms with Crippen LogP contribution in [0.4, 0.5) is 5.69 Å². The van der Waals surface area contributed by atoms with Crippen molar-refractivity contribution in [1.82, 2.24) is 4.57 Å². The van der Waals surface area contributed by atoms with Crippen molar-refractivity contribution in [1.29, 1.82) is 0 Å². The van der Waals surface area contributed by atoms with Gasteiger partial charge in [-0.05, 0) is 38.1 Å². The van der Waals surface area contributed by atoms with Crippen LogP contribution in [0, 0.1) is 0 Å². The van der Waals surface area contributed by atoms with E-state index in [1.807, 2.05) is 13.8 Å². The summed E-state index contributed by atoms with van der Waals surface area (Å²) in [4.78, 5) is 2.17. The molecule has 1 aromatic heterocycles. The van der Waals surface area contributed by atoms with Crippen LogP contribution in [-0.4, -0.2) is 37.7 Å². The predicted octanol–water partition coefficient (Wildman–Crippen LogP) is 3.01. The van der Waals surface area contributed by atoms with Gasteiger partial charge in [-0.3, -0.25) is 0 Å². The minimum atomic E-state index is -0.179. The minimum Gasteiger partial charge on any atom is -0.369 e. The fraction of sp³-hybridized carbons (Fsp3) is 0.500. The van der Waals surface area contributed by atoms with Gasteiger partial charge in [0, 0.05) is 50.1 Å². The monoisotopic (exact) mass is 276 g/mol. The third-order valence-corrected chi connectivity index (χ3v) is 3.44. The van der Waals surface area contributed by atoms with E-state index in [4.69, 9.17) is 9.47 Å². The van der Waals surface area contributed by atoms with Gasteiger partial charge in [0.25, 0.3) is 0 Å². The maximum Gasteiger partial charge on any atom is 0.174 e. The number of ether oxygens (including phenoxy) is 2. The van der Waals surface area contributed by atoms with Crippen molar-refractivity contribution in [3.05, 3.63) is 30.5 Å². The molecule has 0 amide bonds. The second-order valence-corrected chi connectivity index (χ2v) is 4.89. The maximum atomic E-state index is 5.60. The molecule has 0 saturated heterocycles. The van der Waals surface area contributed by atoms with Crippen molar-refractivity contribution >= 4 is 16.6 Å². The van der Waals surface area contributed by atoms with Gasteiger partial charge in [0.05, 0.1) is 6.54 Å². The molecule has 2 rings (SSSR count). The lowest BCUT2D eigenvalue weighted by Crippen LogP contribution is -2.33. The topological polar surface area (TPSA) is 26.6 Å². The predicted molar refractivity (Wildman–Crippen MR) is 83.2 cm³/mol. The smallest absolute Gasteiger partial charge is 0.174 e. The van der Waals surface area contributed by atoms with Crippen molar-refractivity contribution in [2.45, 2.75) is 20.1 Å². The Labute approximate surface area is 120 Å². The zero-order chi connectivity index (χ0) is 14.5. The number of rotatable bonds is 7. The molecule has 0 atom stereocenters. The molecule has 0 aliphatic carbocycles. The van der Waals surface area contributed by atoms with Crippen molar-refractivity contribution < 1.29 is 9.47 Å². The highest BCUT2D eigenvalue weighted by Crippen LogP contribution is 2.22. The molecule has 0 N–H and O–H groups in total. The zero-order valence-electron chi connectivity index (χ0n) is 12.8. The Morgan fingerprint density at radius 2 is 1.85 bits per heavy atom. The van der Waals surface area contributed by atoms with E-state index in [-0.39, 0.29) is 6.29 Å². The van der Waals surface area contributed by atoms with Gasteiger partial charge in [-0.1, -0.05) is 0 Å². The van der Waals surface area contributed by atoms with Crippen LogP contribution >= 0.6 is 0 Å². The molecule has 4 heteroatoms. The summed E-state index contributed by atoms with van der Waals surface area (Å²) in [6.07, 6.45) is 1.90. The van der Waals surface area contributed by atoms with Gasteiger partial charge in [-0.2, -0.15) is 0 Å². The standard InChI is InChI=1S/C16H24N2O2/c1-5-19-16(20-6-2)12-18(4)14-7-8-15-13(11-14)9-10-17(15)3/h7-11,16H,5-6,12H2,1-4H3. The Kier molecular flexibility index (Phi) is 5.04. The molecule has 110 valence electrons. The Balaban J connectivity index is 2.11. The minimum absolute atomic E-state index is 0.179. The molecule has 4 nitrogen and oxygen atoms in total. The van der Waals surface area contributed by atoms with E-state index >= 15 is 0 Å². The summed E-state index contributed by atoms with van der Waals surface area (Å²) in [5, 5.41) is 1.25. The fourth-order valence-corrected chi connectivity index (χ4v) is 2.36. The van der Waals surface area contributed by atoms with Crippen LogP contribution in [0.5, 0.6) is 0 Å². The quantitative estimate of drug-likeness (QED) is 0.727. The number of nitrogens with zero attached hydrogens (tertiary/aromatic N) is 2. The Bertz CT molecular complexity index is 544. The number of hydrogen-bond donors (Lipinski definition) is 0. The molecule has 0 unspecified atom stereocenters. The van der Waals surface area contributed by atoms with Crippen LogP contribution in [0.3, 0.4) is 0 Å². The summed E-state index contributed by atoms with van der Waals surface area (Å²) >= 11 is 0. The van der Waals surface area contributed by atoms with Gasteiger partial charge >= 0.3 is 0 Å². The van der Waals surface area contributed by atoms with Gasteiger partial charge in [0.1, 0.15) is 0 Å². The summed E-state index contributed by atoms with van der Waals surface area (Å²) in [5.41, 5.74) is 2.42. The summed E-state index contributed by atoms with van der Waals surface area (Å²) in [7, 11) is 4.13. The fourth-order valence-electron chi connectivity index (χ4n) is 2.36. The van der Waals surface area contributed by atoms with Crippen LogP contribution in [0.15, 0.2) is 30.5 Å². The Morgan fingerprint density at radius 1 is 1.15 bits per heavy atom. The highest BCUT2D eigenvalue weighted by atomic mass is 16.7. The molecule has 1 heterocycles. The van der Waals surface area contributed by atoms with E-state index in [9.17, 15) is 0 Å². The molecule has 0 saturated carbocycles. The van der Waals surface area contributed by atoms with Crippen LogP contribution < -0.4 is 4.90 Å². The first-order valence-corrected chi connectivity index (χ1v) is 7.15. The summed E-state index contributed by atoms with van der Waals surface area (Å²) < 4.78 is 13.3. The molecule has 0 fully saturated rings. The van der Waals surface area contributed by atoms with Crippen LogP contribution in [0.25, 0.3) is 10.9 Å². The van der Waals surface area contributed by atoms with Gasteiger partial charge in [-0.25, -0.2) is 0 Å². The summed E-state index contributed by atoms with van der Waals surface area (Å²) in [6.45, 7) is 6.02. The first kappa shape index (κ1) is 14.9. The summed E-state index contributed by atoms with van der Waals surface area (Å²) in [5.74, 6) is 0. The SMILES string of the molecule is CCOC(CN(C)c1ccc2c(ccn2C)c1)OCC. The number of benzene rings is 1. The number of fused-ring (bicyclic) bond motifs is 1. The molecular weight excluding hydrogens is 252 g/mol. The van der Waals surface area contributed by atoms with Crippen molar-refractivity contribution in [3.63, 3.8) is 0 Å². The van der Waals surface area contributed by atoms with E-state index in [1.165, 1.54) is 16.6 Å². The largest absolute Gasteiger partial charge is 0.369 e. The highest BCUT2D eigenvalue weighted by Gasteiger charge is 2.12. The lowest BCUT2D eigenvalue weighted by molar-refractivity contribution is -0.129. The lowest BCUT2D eigenvalue weighted by Gasteiger charge is -2.25. The number of hydrogen-bond acceptors (Lipinski definition) is 3. The molecule has 1 aromatic carbocycles. The normalized spacial score (nSPS) is 11.4. The molecule has 20 heavy (non-hydrogen) atoms. The number of anilines is 1. The average Bonchev–Trinajstić information content (AvgIpc) is 2.80. The highest BCUT2D eigenvalue weighted by molar-refractivity contribution is 5.83. The Morgan fingerprint density at radius 3 is 2.50 bits per heavy atom. The third kappa shape index (κ3) is 3.32.